The molecule has 1 saturated heterocycles. The predicted octanol–water partition coefficient (Wildman–Crippen LogP) is 4.00. The molecule has 1 aliphatic heterocycles. The van der Waals surface area contributed by atoms with Crippen molar-refractivity contribution in [2.75, 3.05) is 21.9 Å². The van der Waals surface area contributed by atoms with Gasteiger partial charge < -0.3 is 14.8 Å². The third kappa shape index (κ3) is 3.24. The quantitative estimate of drug-likeness (QED) is 0.570. The number of carbonyl (C=O) groups excluding carboxylic acids is 1. The third-order valence-electron chi connectivity index (χ3n) is 4.72. The lowest BCUT2D eigenvalue weighted by atomic mass is 10.1. The molecule has 0 unspecified atom stereocenters. The average Bonchev–Trinajstić information content (AvgIpc) is 3.16. The standard InChI is InChI=1S/C19H17BrN2O5S/c1-11-14-9-12(20)3-6-17(14)27-18(11)19(24)21-15-10-13(4-5-16(15)23)22-7-2-8-28(22,25)26/h3-6,9-10,23H,2,7-8H2,1H3,(H,21,24). The molecule has 0 spiro atoms. The second kappa shape index (κ2) is 6.82. The van der Waals surface area contributed by atoms with Crippen molar-refractivity contribution < 1.29 is 22.7 Å². The number of nitrogens with one attached hydrogen (secondary N) is 1. The van der Waals surface area contributed by atoms with Crippen LogP contribution in [0.4, 0.5) is 11.4 Å². The summed E-state index contributed by atoms with van der Waals surface area (Å²) in [5.41, 5.74) is 1.76. The number of nitrogens with zero attached hydrogens (tertiary/aromatic N) is 1. The number of hydrogen-bond donors (Lipinski definition) is 2. The SMILES string of the molecule is Cc1c(C(=O)Nc2cc(N3CCCS3(=O)=O)ccc2O)oc2ccc(Br)cc12. The van der Waals surface area contributed by atoms with Gasteiger partial charge >= 0.3 is 0 Å². The van der Waals surface area contributed by atoms with Gasteiger partial charge in [-0.25, -0.2) is 8.42 Å². The summed E-state index contributed by atoms with van der Waals surface area (Å²) in [6.45, 7) is 2.15. The maximum atomic E-state index is 12.7. The average molecular weight is 465 g/mol. The second-order valence-corrected chi connectivity index (χ2v) is 9.52. The fraction of sp³-hybridized carbons (Fsp3) is 0.211. The van der Waals surface area contributed by atoms with Crippen LogP contribution in [0.2, 0.25) is 0 Å². The Morgan fingerprint density at radius 1 is 1.25 bits per heavy atom. The number of phenolic OH excluding ortho intramolecular Hbond substituents is 1. The van der Waals surface area contributed by atoms with Crippen LogP contribution in [0.1, 0.15) is 22.5 Å². The van der Waals surface area contributed by atoms with Gasteiger partial charge in [0.1, 0.15) is 11.3 Å². The molecule has 146 valence electrons. The second-order valence-electron chi connectivity index (χ2n) is 6.59. The molecule has 28 heavy (non-hydrogen) atoms. The summed E-state index contributed by atoms with van der Waals surface area (Å²) < 4.78 is 32.1. The Labute approximate surface area is 170 Å². The van der Waals surface area contributed by atoms with E-state index in [1.54, 1.807) is 13.0 Å². The number of anilines is 2. The number of furan rings is 1. The molecule has 0 bridgehead atoms. The number of aromatic hydroxyl groups is 1. The number of fused-ring (bicyclic) bond motifs is 1. The first-order valence-electron chi connectivity index (χ1n) is 8.60. The van der Waals surface area contributed by atoms with Gasteiger partial charge in [0.15, 0.2) is 5.76 Å². The number of aryl methyl sites for hydroxylation is 1. The summed E-state index contributed by atoms with van der Waals surface area (Å²) in [4.78, 5) is 12.7. The molecule has 0 aliphatic carbocycles. The van der Waals surface area contributed by atoms with E-state index in [-0.39, 0.29) is 22.9 Å². The minimum absolute atomic E-state index is 0.0866. The first kappa shape index (κ1) is 18.8. The van der Waals surface area contributed by atoms with Crippen LogP contribution in [0.5, 0.6) is 5.75 Å². The van der Waals surface area contributed by atoms with Crippen LogP contribution in [-0.4, -0.2) is 31.7 Å². The molecule has 1 aromatic heterocycles. The molecule has 2 aromatic carbocycles. The fourth-order valence-electron chi connectivity index (χ4n) is 3.30. The predicted molar refractivity (Wildman–Crippen MR) is 110 cm³/mol. The summed E-state index contributed by atoms with van der Waals surface area (Å²) in [7, 11) is -3.36. The molecule has 3 aromatic rings. The highest BCUT2D eigenvalue weighted by atomic mass is 79.9. The van der Waals surface area contributed by atoms with E-state index in [4.69, 9.17) is 4.42 Å². The van der Waals surface area contributed by atoms with Crippen molar-refractivity contribution in [3.05, 3.63) is 52.2 Å². The van der Waals surface area contributed by atoms with Crippen molar-refractivity contribution in [1.82, 2.24) is 0 Å². The third-order valence-corrected chi connectivity index (χ3v) is 7.08. The molecule has 1 amide bonds. The van der Waals surface area contributed by atoms with Crippen molar-refractivity contribution in [3.63, 3.8) is 0 Å². The molecule has 1 fully saturated rings. The normalized spacial score (nSPS) is 15.9. The van der Waals surface area contributed by atoms with Gasteiger partial charge in [0.25, 0.3) is 5.91 Å². The highest BCUT2D eigenvalue weighted by Crippen LogP contribution is 2.33. The van der Waals surface area contributed by atoms with E-state index in [0.29, 0.717) is 29.8 Å². The summed E-state index contributed by atoms with van der Waals surface area (Å²) >= 11 is 3.40. The number of halogens is 1. The molecule has 9 heteroatoms. The summed E-state index contributed by atoms with van der Waals surface area (Å²) in [6, 6.07) is 9.77. The van der Waals surface area contributed by atoms with Gasteiger partial charge in [-0.05, 0) is 49.7 Å². The Morgan fingerprint density at radius 2 is 2.04 bits per heavy atom. The van der Waals surface area contributed by atoms with Crippen molar-refractivity contribution in [2.45, 2.75) is 13.3 Å². The lowest BCUT2D eigenvalue weighted by molar-refractivity contribution is 0.0997. The van der Waals surface area contributed by atoms with Crippen molar-refractivity contribution >= 4 is 54.2 Å². The summed E-state index contributed by atoms with van der Waals surface area (Å²) in [5, 5.41) is 13.6. The van der Waals surface area contributed by atoms with Crippen molar-refractivity contribution in [2.24, 2.45) is 0 Å². The summed E-state index contributed by atoms with van der Waals surface area (Å²) in [6.07, 6.45) is 0.540. The topological polar surface area (TPSA) is 99.9 Å². The first-order valence-corrected chi connectivity index (χ1v) is 11.0. The van der Waals surface area contributed by atoms with Gasteiger partial charge in [-0.2, -0.15) is 0 Å². The van der Waals surface area contributed by atoms with Gasteiger partial charge in [-0.3, -0.25) is 9.10 Å². The zero-order chi connectivity index (χ0) is 20.1. The largest absolute Gasteiger partial charge is 0.506 e. The van der Waals surface area contributed by atoms with Crippen LogP contribution in [0.15, 0.2) is 45.3 Å². The Bertz CT molecular complexity index is 1200. The summed E-state index contributed by atoms with van der Waals surface area (Å²) in [5.74, 6) is -0.470. The minimum Gasteiger partial charge on any atom is -0.506 e. The number of benzene rings is 2. The molecule has 2 N–H and O–H groups in total. The zero-order valence-corrected chi connectivity index (χ0v) is 17.3. The number of carbonyl (C=O) groups is 1. The smallest absolute Gasteiger partial charge is 0.291 e. The van der Waals surface area contributed by atoms with Gasteiger partial charge in [0.05, 0.1) is 17.1 Å². The van der Waals surface area contributed by atoms with Crippen molar-refractivity contribution in [1.29, 1.82) is 0 Å². The zero-order valence-electron chi connectivity index (χ0n) is 14.9. The molecule has 0 radical (unpaired) electrons. The lowest BCUT2D eigenvalue weighted by Crippen LogP contribution is -2.25. The monoisotopic (exact) mass is 464 g/mol. The molecular weight excluding hydrogens is 448 g/mol. The van der Waals surface area contributed by atoms with Crippen LogP contribution in [0.3, 0.4) is 0 Å². The van der Waals surface area contributed by atoms with Gasteiger partial charge in [0.2, 0.25) is 10.0 Å². The minimum atomic E-state index is -3.36. The van der Waals surface area contributed by atoms with Crippen molar-refractivity contribution in [3.8, 4) is 5.75 Å². The van der Waals surface area contributed by atoms with Crippen LogP contribution < -0.4 is 9.62 Å². The molecule has 7 nitrogen and oxygen atoms in total. The van der Waals surface area contributed by atoms with E-state index in [1.807, 2.05) is 12.1 Å². The van der Waals surface area contributed by atoms with Crippen LogP contribution in [0, 0.1) is 6.92 Å². The highest BCUT2D eigenvalue weighted by Gasteiger charge is 2.29. The molecule has 0 saturated carbocycles. The number of phenols is 1. The van der Waals surface area contributed by atoms with E-state index in [1.165, 1.54) is 22.5 Å². The highest BCUT2D eigenvalue weighted by molar-refractivity contribution is 9.10. The number of hydrogen-bond acceptors (Lipinski definition) is 5. The number of sulfonamides is 1. The molecule has 4 rings (SSSR count). The Hall–Kier alpha value is -2.52. The Balaban J connectivity index is 1.67. The van der Waals surface area contributed by atoms with Crippen LogP contribution in [0.25, 0.3) is 11.0 Å². The number of amides is 1. The number of rotatable bonds is 3. The van der Waals surface area contributed by atoms with E-state index in [9.17, 15) is 18.3 Å². The molecule has 2 heterocycles. The Morgan fingerprint density at radius 3 is 2.75 bits per heavy atom. The molecular formula is C19H17BrN2O5S. The van der Waals surface area contributed by atoms with Gasteiger partial charge in [-0.1, -0.05) is 15.9 Å². The Kier molecular flexibility index (Phi) is 4.59. The van der Waals surface area contributed by atoms with Gasteiger partial charge in [-0.15, -0.1) is 0 Å². The first-order chi connectivity index (χ1) is 13.3. The van der Waals surface area contributed by atoms with E-state index >= 15 is 0 Å². The van der Waals surface area contributed by atoms with Gasteiger partial charge in [0, 0.05) is 22.0 Å². The maximum Gasteiger partial charge on any atom is 0.291 e. The van der Waals surface area contributed by atoms with E-state index < -0.39 is 15.9 Å². The van der Waals surface area contributed by atoms with E-state index in [0.717, 1.165) is 9.86 Å². The van der Waals surface area contributed by atoms with Crippen LogP contribution >= 0.6 is 15.9 Å². The van der Waals surface area contributed by atoms with Crippen LogP contribution in [-0.2, 0) is 10.0 Å². The fourth-order valence-corrected chi connectivity index (χ4v) is 5.22. The maximum absolute atomic E-state index is 12.7. The lowest BCUT2D eigenvalue weighted by Gasteiger charge is -2.18. The van der Waals surface area contributed by atoms with E-state index in [2.05, 4.69) is 21.2 Å². The molecule has 1 aliphatic rings. The molecule has 0 atom stereocenters.